The topological polar surface area (TPSA) is 81.2 Å². The number of thiazole rings is 2. The van der Waals surface area contributed by atoms with Crippen molar-refractivity contribution >= 4 is 39.7 Å². The van der Waals surface area contributed by atoms with Crippen molar-refractivity contribution < 1.29 is 18.7 Å². The highest BCUT2D eigenvalue weighted by atomic mass is 32.1. The van der Waals surface area contributed by atoms with Crippen molar-refractivity contribution in [1.82, 2.24) is 9.97 Å². The van der Waals surface area contributed by atoms with E-state index in [0.29, 0.717) is 20.7 Å². The maximum Gasteiger partial charge on any atom is 0.357 e. The van der Waals surface area contributed by atoms with E-state index in [9.17, 15) is 14.0 Å². The summed E-state index contributed by atoms with van der Waals surface area (Å²) in [7, 11) is 0. The molecule has 9 heteroatoms. The van der Waals surface area contributed by atoms with E-state index in [-0.39, 0.29) is 24.0 Å². The molecule has 3 rings (SSSR count). The Morgan fingerprint density at radius 1 is 1.23 bits per heavy atom. The molecule has 0 aliphatic rings. The Kier molecular flexibility index (Phi) is 5.38. The zero-order valence-electron chi connectivity index (χ0n) is 13.9. The minimum atomic E-state index is -0.531. The fourth-order valence-electron chi connectivity index (χ4n) is 2.11. The van der Waals surface area contributed by atoms with Crippen LogP contribution in [0.1, 0.15) is 32.8 Å². The van der Waals surface area contributed by atoms with Crippen molar-refractivity contribution in [3.05, 3.63) is 51.7 Å². The first-order valence-corrected chi connectivity index (χ1v) is 9.35. The van der Waals surface area contributed by atoms with E-state index in [1.54, 1.807) is 26.0 Å². The van der Waals surface area contributed by atoms with Crippen LogP contribution in [0.4, 0.5) is 9.52 Å². The number of amides is 1. The minimum absolute atomic E-state index is 0.153. The Hall–Kier alpha value is -2.65. The van der Waals surface area contributed by atoms with Gasteiger partial charge in [0, 0.05) is 10.9 Å². The summed E-state index contributed by atoms with van der Waals surface area (Å²) in [6, 6.07) is 5.92. The lowest BCUT2D eigenvalue weighted by Crippen LogP contribution is -2.12. The third-order valence-corrected chi connectivity index (χ3v) is 5.27. The number of halogens is 1. The molecule has 0 unspecified atom stereocenters. The third kappa shape index (κ3) is 3.94. The first kappa shape index (κ1) is 18.2. The molecule has 0 fully saturated rings. The lowest BCUT2D eigenvalue weighted by Gasteiger charge is -1.99. The van der Waals surface area contributed by atoms with Crippen molar-refractivity contribution in [1.29, 1.82) is 0 Å². The van der Waals surface area contributed by atoms with Gasteiger partial charge in [0.15, 0.2) is 10.8 Å². The maximum absolute atomic E-state index is 13.0. The van der Waals surface area contributed by atoms with Crippen molar-refractivity contribution in [2.24, 2.45) is 0 Å². The molecule has 0 bridgehead atoms. The molecular weight excluding hydrogens is 377 g/mol. The van der Waals surface area contributed by atoms with Gasteiger partial charge in [-0.05, 0) is 38.1 Å². The predicted molar refractivity (Wildman–Crippen MR) is 98.3 cm³/mol. The highest BCUT2D eigenvalue weighted by Gasteiger charge is 2.19. The van der Waals surface area contributed by atoms with E-state index < -0.39 is 5.97 Å². The van der Waals surface area contributed by atoms with Gasteiger partial charge in [-0.1, -0.05) is 0 Å². The van der Waals surface area contributed by atoms with Crippen molar-refractivity contribution in [2.45, 2.75) is 13.8 Å². The molecule has 0 spiro atoms. The van der Waals surface area contributed by atoms with Crippen LogP contribution in [0.3, 0.4) is 0 Å². The van der Waals surface area contributed by atoms with Gasteiger partial charge in [0.05, 0.1) is 12.3 Å². The molecule has 134 valence electrons. The van der Waals surface area contributed by atoms with Crippen LogP contribution >= 0.6 is 22.7 Å². The van der Waals surface area contributed by atoms with Crippen LogP contribution in [0.2, 0.25) is 0 Å². The molecule has 3 aromatic rings. The summed E-state index contributed by atoms with van der Waals surface area (Å²) in [5, 5.41) is 5.11. The molecule has 0 atom stereocenters. The van der Waals surface area contributed by atoms with E-state index in [1.807, 2.05) is 0 Å². The zero-order chi connectivity index (χ0) is 18.7. The second-order valence-corrected chi connectivity index (χ2v) is 7.01. The highest BCUT2D eigenvalue weighted by molar-refractivity contribution is 7.17. The average Bonchev–Trinajstić information content (AvgIpc) is 3.22. The summed E-state index contributed by atoms with van der Waals surface area (Å²) in [5.74, 6) is -1.23. The number of esters is 1. The molecule has 0 saturated heterocycles. The van der Waals surface area contributed by atoms with E-state index in [0.717, 1.165) is 16.9 Å². The normalized spacial score (nSPS) is 10.6. The number of ether oxygens (including phenoxy) is 1. The molecule has 2 aromatic heterocycles. The number of carbonyl (C=O) groups excluding carboxylic acids is 2. The van der Waals surface area contributed by atoms with E-state index in [1.165, 1.54) is 28.8 Å². The number of nitrogens with one attached hydrogen (secondary N) is 1. The Labute approximate surface area is 156 Å². The SMILES string of the molecule is CCOC(=O)c1csc(NC(=O)c2sc(-c3ccc(F)cc3)nc2C)n1. The van der Waals surface area contributed by atoms with Gasteiger partial charge in [-0.2, -0.15) is 0 Å². The minimum Gasteiger partial charge on any atom is -0.461 e. The second-order valence-electron chi connectivity index (χ2n) is 5.15. The average molecular weight is 391 g/mol. The fourth-order valence-corrected chi connectivity index (χ4v) is 3.75. The quantitative estimate of drug-likeness (QED) is 0.661. The van der Waals surface area contributed by atoms with Gasteiger partial charge < -0.3 is 4.74 Å². The summed E-state index contributed by atoms with van der Waals surface area (Å²) in [5.41, 5.74) is 1.45. The number of carbonyl (C=O) groups is 2. The number of aryl methyl sites for hydroxylation is 1. The van der Waals surface area contributed by atoms with Crippen LogP contribution in [0.15, 0.2) is 29.6 Å². The van der Waals surface area contributed by atoms with Gasteiger partial charge in [0.2, 0.25) is 0 Å². The van der Waals surface area contributed by atoms with Crippen LogP contribution < -0.4 is 5.32 Å². The van der Waals surface area contributed by atoms with Gasteiger partial charge in [0.1, 0.15) is 15.7 Å². The van der Waals surface area contributed by atoms with E-state index >= 15 is 0 Å². The molecule has 1 amide bonds. The zero-order valence-corrected chi connectivity index (χ0v) is 15.5. The lowest BCUT2D eigenvalue weighted by atomic mass is 10.2. The number of benzene rings is 1. The van der Waals surface area contributed by atoms with Crippen molar-refractivity contribution in [3.8, 4) is 10.6 Å². The summed E-state index contributed by atoms with van der Waals surface area (Å²) in [4.78, 5) is 33.0. The van der Waals surface area contributed by atoms with E-state index in [2.05, 4.69) is 15.3 Å². The molecule has 0 aliphatic carbocycles. The number of rotatable bonds is 5. The molecule has 26 heavy (non-hydrogen) atoms. The summed E-state index contributed by atoms with van der Waals surface area (Å²) in [6.45, 7) is 3.69. The Morgan fingerprint density at radius 2 is 1.96 bits per heavy atom. The molecular formula is C17H14FN3O3S2. The Balaban J connectivity index is 1.76. The molecule has 1 aromatic carbocycles. The maximum atomic E-state index is 13.0. The van der Waals surface area contributed by atoms with Crippen molar-refractivity contribution in [2.75, 3.05) is 11.9 Å². The van der Waals surface area contributed by atoms with E-state index in [4.69, 9.17) is 4.74 Å². The monoisotopic (exact) mass is 391 g/mol. The van der Waals surface area contributed by atoms with Crippen LogP contribution in [-0.2, 0) is 4.74 Å². The van der Waals surface area contributed by atoms with Crippen molar-refractivity contribution in [3.63, 3.8) is 0 Å². The first-order valence-electron chi connectivity index (χ1n) is 7.65. The largest absolute Gasteiger partial charge is 0.461 e. The number of aromatic nitrogens is 2. The predicted octanol–water partition coefficient (Wildman–Crippen LogP) is 4.14. The molecule has 2 heterocycles. The van der Waals surface area contributed by atoms with Gasteiger partial charge in [-0.15, -0.1) is 22.7 Å². The van der Waals surface area contributed by atoms with Crippen LogP contribution in [0.5, 0.6) is 0 Å². The molecule has 6 nitrogen and oxygen atoms in total. The van der Waals surface area contributed by atoms with Crippen LogP contribution in [0, 0.1) is 12.7 Å². The van der Waals surface area contributed by atoms with Gasteiger partial charge in [0.25, 0.3) is 5.91 Å². The Morgan fingerprint density at radius 3 is 2.65 bits per heavy atom. The molecule has 0 saturated carbocycles. The second kappa shape index (κ2) is 7.71. The Bertz CT molecular complexity index is 951. The highest BCUT2D eigenvalue weighted by Crippen LogP contribution is 2.29. The summed E-state index contributed by atoms with van der Waals surface area (Å²) in [6.07, 6.45) is 0. The summed E-state index contributed by atoms with van der Waals surface area (Å²) >= 11 is 2.34. The first-order chi connectivity index (χ1) is 12.5. The summed E-state index contributed by atoms with van der Waals surface area (Å²) < 4.78 is 17.9. The number of nitrogens with zero attached hydrogens (tertiary/aromatic N) is 2. The van der Waals surface area contributed by atoms with Gasteiger partial charge >= 0.3 is 5.97 Å². The number of hydrogen-bond acceptors (Lipinski definition) is 7. The van der Waals surface area contributed by atoms with Gasteiger partial charge in [-0.25, -0.2) is 19.2 Å². The number of hydrogen-bond donors (Lipinski definition) is 1. The molecule has 0 aliphatic heterocycles. The smallest absolute Gasteiger partial charge is 0.357 e. The van der Waals surface area contributed by atoms with Gasteiger partial charge in [-0.3, -0.25) is 10.1 Å². The number of anilines is 1. The molecule has 1 N–H and O–H groups in total. The standard InChI is InChI=1S/C17H14FN3O3S2/c1-3-24-16(23)12-8-25-17(20-12)21-14(22)13-9(2)19-15(26-13)10-4-6-11(18)7-5-10/h4-8H,3H2,1-2H3,(H,20,21,22). The fraction of sp³-hybridized carbons (Fsp3) is 0.176. The van der Waals surface area contributed by atoms with Crippen LogP contribution in [-0.4, -0.2) is 28.5 Å². The lowest BCUT2D eigenvalue weighted by molar-refractivity contribution is 0.0520. The third-order valence-electron chi connectivity index (χ3n) is 3.30. The molecule has 0 radical (unpaired) electrons. The van der Waals surface area contributed by atoms with Crippen LogP contribution in [0.25, 0.3) is 10.6 Å².